The van der Waals surface area contributed by atoms with E-state index in [2.05, 4.69) is 33.2 Å². The van der Waals surface area contributed by atoms with E-state index < -0.39 is 70.9 Å². The molecule has 1 aliphatic rings. The number of carbonyl (C=O) groups excluding carboxylic acids is 1. The summed E-state index contributed by atoms with van der Waals surface area (Å²) in [6, 6.07) is -1.00. The number of nitrogens with zero attached hydrogens (tertiary/aromatic N) is 5. The fourth-order valence-corrected chi connectivity index (χ4v) is 11.0. The maximum Gasteiger partial charge on any atom is 1.00 e. The van der Waals surface area contributed by atoms with Gasteiger partial charge in [-0.15, -0.1) is 0 Å². The van der Waals surface area contributed by atoms with Crippen LogP contribution < -0.4 is 74.8 Å². The summed E-state index contributed by atoms with van der Waals surface area (Å²) < 4.78 is 52.4. The number of thioether (sulfide) groups is 1. The van der Waals surface area contributed by atoms with Crippen molar-refractivity contribution in [1.82, 2.24) is 9.55 Å². The van der Waals surface area contributed by atoms with Crippen LogP contribution in [-0.4, -0.2) is 63.4 Å². The Morgan fingerprint density at radius 1 is 0.853 bits per heavy atom. The number of phosphoric ester groups is 2. The van der Waals surface area contributed by atoms with E-state index in [-0.39, 0.29) is 83.3 Å². The number of phosphoric acid groups is 2. The SMILES string of the molecule is CCCCCCCCCCCCCCCCCCSC[C@@H](COP(=O)([O-])OP(=O)(O)OC[C@H]1O[C@@H](n2cc(C)c([O-])nc2=O)C[C@@H]1N=[N+]=[N-])OC(=O)CCCCCCCCCCCCCC.[Na+].[Na+]. The van der Waals surface area contributed by atoms with E-state index in [9.17, 15) is 33.6 Å². The Morgan fingerprint density at radius 2 is 1.32 bits per heavy atom. The summed E-state index contributed by atoms with van der Waals surface area (Å²) in [7, 11) is -10.9. The molecule has 1 fully saturated rings. The molecule has 2 rings (SSSR count). The van der Waals surface area contributed by atoms with Gasteiger partial charge < -0.3 is 28.9 Å². The normalized spacial score (nSPS) is 17.9. The van der Waals surface area contributed by atoms with Gasteiger partial charge in [0.2, 0.25) is 0 Å². The number of carbonyl (C=O) groups is 1. The minimum absolute atomic E-state index is 0. The number of unbranched alkanes of at least 4 members (excludes halogenated alkanes) is 26. The van der Waals surface area contributed by atoms with Crippen LogP contribution in [0, 0.1) is 6.92 Å². The van der Waals surface area contributed by atoms with E-state index >= 15 is 0 Å². The van der Waals surface area contributed by atoms with E-state index in [0.29, 0.717) is 6.42 Å². The molecule has 2 heterocycles. The van der Waals surface area contributed by atoms with Crippen LogP contribution in [0.15, 0.2) is 16.1 Å². The van der Waals surface area contributed by atoms with Crippen LogP contribution in [0.3, 0.4) is 0 Å². The van der Waals surface area contributed by atoms with Crippen LogP contribution in [0.4, 0.5) is 0 Å². The quantitative estimate of drug-likeness (QED) is 0.0145. The first-order valence-electron chi connectivity index (χ1n) is 25.2. The van der Waals surface area contributed by atoms with Crippen LogP contribution in [0.25, 0.3) is 10.4 Å². The van der Waals surface area contributed by atoms with Crippen LogP contribution >= 0.6 is 27.4 Å². The van der Waals surface area contributed by atoms with Gasteiger partial charge in [-0.25, -0.2) is 18.7 Å². The minimum Gasteiger partial charge on any atom is -0.858 e. The van der Waals surface area contributed by atoms with E-state index in [4.69, 9.17) is 24.1 Å². The van der Waals surface area contributed by atoms with Crippen molar-refractivity contribution in [2.45, 2.75) is 238 Å². The molecule has 1 saturated heterocycles. The first-order valence-corrected chi connectivity index (χ1v) is 29.3. The van der Waals surface area contributed by atoms with Gasteiger partial charge in [0.1, 0.15) is 12.3 Å². The first kappa shape index (κ1) is 68.0. The molecule has 0 radical (unpaired) electrons. The summed E-state index contributed by atoms with van der Waals surface area (Å²) in [4.78, 5) is 54.6. The van der Waals surface area contributed by atoms with Crippen molar-refractivity contribution >= 4 is 33.4 Å². The molecular formula is C46H83N5Na2O12P2S. The summed E-state index contributed by atoms with van der Waals surface area (Å²) in [5.41, 5.74) is 8.30. The second kappa shape index (κ2) is 42.4. The molecule has 1 aromatic heterocycles. The Hall–Kier alpha value is 0.0300. The molecule has 2 unspecified atom stereocenters. The molecule has 17 nitrogen and oxygen atoms in total. The van der Waals surface area contributed by atoms with Crippen LogP contribution in [0.1, 0.15) is 218 Å². The van der Waals surface area contributed by atoms with E-state index in [1.807, 2.05) is 0 Å². The van der Waals surface area contributed by atoms with Gasteiger partial charge in [-0.05, 0) is 42.5 Å². The maximum atomic E-state index is 12.9. The standard InChI is InChI=1S/C46H85N5O12P2S.2Na/c1-4-6-8-10-12-14-16-18-19-20-21-23-25-27-29-31-33-66-38-40(61-44(52)32-30-28-26-24-22-17-15-13-11-9-7-5-2)36-59-64(55,56)63-65(57,58)60-37-42-41(49-50-47)34-43(62-42)51-35-39(3)45(53)48-46(51)54;;/h35,40-43H,4-34,36-38H2,1-3H3,(H,55,56)(H,57,58)(H,48,53,54);;/q;2*+1/p-2/t40-,41+,42-,43-;;/m1../s1. The molecular weight excluding hydrogens is 955 g/mol. The summed E-state index contributed by atoms with van der Waals surface area (Å²) >= 11 is 1.52. The fourth-order valence-electron chi connectivity index (χ4n) is 7.94. The molecule has 0 amide bonds. The van der Waals surface area contributed by atoms with Gasteiger partial charge in [0.15, 0.2) is 0 Å². The third-order valence-corrected chi connectivity index (χ3v) is 15.6. The molecule has 382 valence electrons. The van der Waals surface area contributed by atoms with Crippen LogP contribution in [0.2, 0.25) is 0 Å². The number of hydrogen-bond acceptors (Lipinski definition) is 14. The van der Waals surface area contributed by atoms with Gasteiger partial charge in [-0.1, -0.05) is 186 Å². The topological polar surface area (TPSA) is 247 Å². The van der Waals surface area contributed by atoms with Crippen molar-refractivity contribution in [3.05, 3.63) is 32.7 Å². The van der Waals surface area contributed by atoms with Crippen molar-refractivity contribution in [3.63, 3.8) is 0 Å². The zero-order chi connectivity index (χ0) is 48.3. The minimum atomic E-state index is -5.50. The van der Waals surface area contributed by atoms with Crippen LogP contribution in [-0.2, 0) is 36.8 Å². The Labute approximate surface area is 456 Å². The summed E-state index contributed by atoms with van der Waals surface area (Å²) in [5, 5.41) is 15.4. The summed E-state index contributed by atoms with van der Waals surface area (Å²) in [6.45, 7) is 4.52. The van der Waals surface area contributed by atoms with Crippen molar-refractivity contribution in [2.75, 3.05) is 24.7 Å². The average Bonchev–Trinajstić information content (AvgIpc) is 3.67. The molecule has 22 heteroatoms. The molecule has 68 heavy (non-hydrogen) atoms. The smallest absolute Gasteiger partial charge is 0.858 e. The Bertz CT molecular complexity index is 1670. The van der Waals surface area contributed by atoms with Gasteiger partial charge in [0.25, 0.3) is 7.82 Å². The number of rotatable bonds is 43. The molecule has 1 aromatic rings. The second-order valence-corrected chi connectivity index (χ2v) is 21.9. The average molecular weight is 1040 g/mol. The zero-order valence-electron chi connectivity index (χ0n) is 42.4. The molecule has 0 aliphatic carbocycles. The molecule has 6 atom stereocenters. The number of azide groups is 1. The number of hydrogen-bond donors (Lipinski definition) is 1. The van der Waals surface area contributed by atoms with Gasteiger partial charge >= 0.3 is 78.6 Å². The Balaban J connectivity index is 0.0000224. The molecule has 0 spiro atoms. The fraction of sp³-hybridized carbons (Fsp3) is 0.891. The monoisotopic (exact) mass is 1040 g/mol. The largest absolute Gasteiger partial charge is 1.00 e. The summed E-state index contributed by atoms with van der Waals surface area (Å²) in [6.07, 6.45) is 32.3. The van der Waals surface area contributed by atoms with Crippen LogP contribution in [0.5, 0.6) is 5.88 Å². The zero-order valence-corrected chi connectivity index (χ0v) is 49.0. The molecule has 1 aliphatic heterocycles. The van der Waals surface area contributed by atoms with Crippen molar-refractivity contribution < 1.29 is 111 Å². The van der Waals surface area contributed by atoms with Gasteiger partial charge in [0.05, 0.1) is 25.4 Å². The molecule has 0 aromatic carbocycles. The predicted octanol–water partition coefficient (Wildman–Crippen LogP) is 6.22. The van der Waals surface area contributed by atoms with E-state index in [1.54, 1.807) is 0 Å². The van der Waals surface area contributed by atoms with Gasteiger partial charge in [-0.3, -0.25) is 18.5 Å². The van der Waals surface area contributed by atoms with Gasteiger partial charge in [0, 0.05) is 29.7 Å². The number of aromatic nitrogens is 2. The van der Waals surface area contributed by atoms with E-state index in [0.717, 1.165) is 48.8 Å². The van der Waals surface area contributed by atoms with Gasteiger partial charge in [-0.2, -0.15) is 11.8 Å². The summed E-state index contributed by atoms with van der Waals surface area (Å²) in [5.74, 6) is -0.149. The van der Waals surface area contributed by atoms with Crippen molar-refractivity contribution in [2.24, 2.45) is 5.11 Å². The third-order valence-electron chi connectivity index (χ3n) is 11.8. The Kier molecular flexibility index (Phi) is 42.4. The molecule has 0 saturated carbocycles. The van der Waals surface area contributed by atoms with Crippen molar-refractivity contribution in [3.8, 4) is 5.88 Å². The number of ether oxygens (including phenoxy) is 2. The maximum absolute atomic E-state index is 12.9. The number of esters is 1. The molecule has 0 bridgehead atoms. The Morgan fingerprint density at radius 3 is 1.81 bits per heavy atom. The third kappa shape index (κ3) is 33.7. The predicted molar refractivity (Wildman–Crippen MR) is 257 cm³/mol. The number of aryl methyl sites for hydroxylation is 1. The first-order chi connectivity index (χ1) is 31.8. The van der Waals surface area contributed by atoms with Crippen molar-refractivity contribution in [1.29, 1.82) is 0 Å². The second-order valence-electron chi connectivity index (χ2n) is 17.8. The van der Waals surface area contributed by atoms with E-state index in [1.165, 1.54) is 160 Å². The molecule has 1 N–H and O–H groups in total.